The minimum absolute atomic E-state index is 0.00524. The molecule has 0 saturated heterocycles. The lowest BCUT2D eigenvalue weighted by Crippen LogP contribution is -2.62. The molecule has 0 bridgehead atoms. The molecule has 9 aromatic rings. The van der Waals surface area contributed by atoms with Gasteiger partial charge in [0.05, 0.1) is 5.69 Å². The number of aryl methyl sites for hydroxylation is 1. The summed E-state index contributed by atoms with van der Waals surface area (Å²) >= 11 is 0. The topological polar surface area (TPSA) is 9.72 Å². The maximum absolute atomic E-state index is 2.70. The molecule has 0 amide bonds. The van der Waals surface area contributed by atoms with E-state index >= 15 is 0 Å². The lowest BCUT2D eigenvalue weighted by atomic mass is 9.33. The molecule has 9 aromatic carbocycles. The van der Waals surface area contributed by atoms with Gasteiger partial charge < -0.3 is 14.7 Å². The van der Waals surface area contributed by atoms with Crippen LogP contribution in [0.4, 0.5) is 51.2 Å². The van der Waals surface area contributed by atoms with E-state index in [9.17, 15) is 0 Å². The van der Waals surface area contributed by atoms with Crippen LogP contribution in [0.25, 0.3) is 22.3 Å². The van der Waals surface area contributed by atoms with Crippen molar-refractivity contribution in [2.75, 3.05) is 14.7 Å². The zero-order valence-corrected chi connectivity index (χ0v) is 45.3. The zero-order chi connectivity index (χ0) is 51.6. The largest absolute Gasteiger partial charge is 0.311 e. The van der Waals surface area contributed by atoms with Crippen molar-refractivity contribution in [3.8, 4) is 22.3 Å². The van der Waals surface area contributed by atoms with Crippen LogP contribution in [-0.4, -0.2) is 6.71 Å². The molecule has 0 radical (unpaired) electrons. The van der Waals surface area contributed by atoms with Crippen LogP contribution < -0.4 is 31.1 Å². The van der Waals surface area contributed by atoms with Gasteiger partial charge in [-0.15, -0.1) is 0 Å². The van der Waals surface area contributed by atoms with Gasteiger partial charge in [0.15, 0.2) is 0 Å². The van der Waals surface area contributed by atoms with E-state index in [4.69, 9.17) is 0 Å². The molecule has 0 atom stereocenters. The summed E-state index contributed by atoms with van der Waals surface area (Å²) in [5.41, 5.74) is 26.8. The number of benzene rings is 9. The molecule has 0 fully saturated rings. The van der Waals surface area contributed by atoms with Crippen molar-refractivity contribution in [1.29, 1.82) is 0 Å². The van der Waals surface area contributed by atoms with Crippen molar-refractivity contribution in [1.82, 2.24) is 0 Å². The normalized spacial score (nSPS) is 17.0. The summed E-state index contributed by atoms with van der Waals surface area (Å²) < 4.78 is 0. The molecular formula is C71H68BN3. The highest BCUT2D eigenvalue weighted by Gasteiger charge is 2.48. The first-order valence-corrected chi connectivity index (χ1v) is 27.5. The number of para-hydroxylation sites is 2. The molecule has 0 aromatic heterocycles. The molecule has 0 unspecified atom stereocenters. The smallest absolute Gasteiger partial charge is 0.252 e. The van der Waals surface area contributed by atoms with Gasteiger partial charge in [-0.25, -0.2) is 0 Å². The van der Waals surface area contributed by atoms with Gasteiger partial charge in [-0.3, -0.25) is 0 Å². The number of hydrogen-bond donors (Lipinski definition) is 0. The average Bonchev–Trinajstić information content (AvgIpc) is 3.46. The van der Waals surface area contributed by atoms with Crippen molar-refractivity contribution in [2.45, 2.75) is 110 Å². The predicted molar refractivity (Wildman–Crippen MR) is 321 cm³/mol. The standard InChI is InChI=1S/C71H68BN3/c1-47-30-31-50(48-22-14-10-15-23-48)40-62(47)75-63-41-51(49-24-16-11-17-25-49)32-35-60(63)72-61-45-58-59(71(8,9)39-38-70(58,6)7)46-64(61)74(54-33-34-56-57(42-54)69(4,5)37-36-68(56,2)3)65-43-55(44-66(75)67(65)72)73(52-26-18-12-19-27-52)53-28-20-13-21-29-53/h10-35,40-46H,36-39H2,1-9H3. The first kappa shape index (κ1) is 47.2. The fourth-order valence-electron chi connectivity index (χ4n) is 13.5. The predicted octanol–water partition coefficient (Wildman–Crippen LogP) is 17.6. The van der Waals surface area contributed by atoms with Crippen molar-refractivity contribution in [2.24, 2.45) is 0 Å². The van der Waals surface area contributed by atoms with Gasteiger partial charge in [0.25, 0.3) is 6.71 Å². The summed E-state index contributed by atoms with van der Waals surface area (Å²) in [6.45, 7) is 22.0. The molecular weight excluding hydrogens is 906 g/mol. The first-order valence-electron chi connectivity index (χ1n) is 27.5. The highest BCUT2D eigenvalue weighted by molar-refractivity contribution is 7.00. The third-order valence-electron chi connectivity index (χ3n) is 18.1. The van der Waals surface area contributed by atoms with E-state index < -0.39 is 0 Å². The number of anilines is 9. The summed E-state index contributed by atoms with van der Waals surface area (Å²) in [5.74, 6) is 0. The van der Waals surface area contributed by atoms with E-state index in [-0.39, 0.29) is 28.4 Å². The van der Waals surface area contributed by atoms with E-state index in [2.05, 4.69) is 277 Å². The Labute approximate surface area is 446 Å². The Morgan fingerprint density at radius 3 is 1.36 bits per heavy atom. The van der Waals surface area contributed by atoms with Gasteiger partial charge in [-0.1, -0.05) is 189 Å². The second-order valence-electron chi connectivity index (χ2n) is 24.7. The molecule has 2 aliphatic heterocycles. The highest BCUT2D eigenvalue weighted by Crippen LogP contribution is 2.54. The Bertz CT molecular complexity index is 3650. The fraction of sp³-hybridized carbons (Fsp3) is 0.239. The fourth-order valence-corrected chi connectivity index (χ4v) is 13.5. The summed E-state index contributed by atoms with van der Waals surface area (Å²) in [5, 5.41) is 0. The molecule has 4 heteroatoms. The molecule has 0 N–H and O–H groups in total. The molecule has 370 valence electrons. The number of nitrogens with zero attached hydrogens (tertiary/aromatic N) is 3. The maximum atomic E-state index is 2.70. The van der Waals surface area contributed by atoms with E-state index in [0.717, 1.165) is 36.3 Å². The van der Waals surface area contributed by atoms with Gasteiger partial charge in [0.2, 0.25) is 0 Å². The van der Waals surface area contributed by atoms with Crippen LogP contribution in [0.3, 0.4) is 0 Å². The third-order valence-corrected chi connectivity index (χ3v) is 18.1. The molecule has 0 spiro atoms. The van der Waals surface area contributed by atoms with Crippen molar-refractivity contribution >= 4 is 74.3 Å². The Balaban J connectivity index is 1.19. The van der Waals surface area contributed by atoms with Crippen LogP contribution >= 0.6 is 0 Å². The summed E-state index contributed by atoms with van der Waals surface area (Å²) in [4.78, 5) is 7.81. The molecule has 2 aliphatic carbocycles. The Morgan fingerprint density at radius 2 is 0.800 bits per heavy atom. The minimum Gasteiger partial charge on any atom is -0.311 e. The lowest BCUT2D eigenvalue weighted by molar-refractivity contribution is 0.332. The number of fused-ring (bicyclic) bond motifs is 6. The van der Waals surface area contributed by atoms with Gasteiger partial charge >= 0.3 is 0 Å². The van der Waals surface area contributed by atoms with E-state index in [1.807, 2.05) is 0 Å². The van der Waals surface area contributed by atoms with E-state index in [1.165, 1.54) is 107 Å². The molecule has 75 heavy (non-hydrogen) atoms. The second kappa shape index (κ2) is 17.2. The molecule has 0 saturated carbocycles. The Kier molecular flexibility index (Phi) is 10.9. The zero-order valence-electron chi connectivity index (χ0n) is 45.3. The summed E-state index contributed by atoms with van der Waals surface area (Å²) in [6.07, 6.45) is 4.62. The Hall–Kier alpha value is -7.56. The Morgan fingerprint density at radius 1 is 0.347 bits per heavy atom. The van der Waals surface area contributed by atoms with Crippen LogP contribution in [0.2, 0.25) is 0 Å². The summed E-state index contributed by atoms with van der Waals surface area (Å²) in [7, 11) is 0. The molecule has 13 rings (SSSR count). The van der Waals surface area contributed by atoms with Crippen molar-refractivity contribution < 1.29 is 0 Å². The third kappa shape index (κ3) is 7.69. The van der Waals surface area contributed by atoms with Crippen LogP contribution in [0, 0.1) is 6.92 Å². The first-order chi connectivity index (χ1) is 36.1. The quantitative estimate of drug-likeness (QED) is 0.147. The van der Waals surface area contributed by atoms with Crippen LogP contribution in [0.1, 0.15) is 109 Å². The average molecular weight is 974 g/mol. The van der Waals surface area contributed by atoms with Crippen LogP contribution in [-0.2, 0) is 21.7 Å². The molecule has 4 aliphatic rings. The second-order valence-corrected chi connectivity index (χ2v) is 24.7. The van der Waals surface area contributed by atoms with Gasteiger partial charge in [-0.2, -0.15) is 0 Å². The van der Waals surface area contributed by atoms with Crippen molar-refractivity contribution in [3.05, 3.63) is 228 Å². The van der Waals surface area contributed by atoms with Crippen molar-refractivity contribution in [3.63, 3.8) is 0 Å². The van der Waals surface area contributed by atoms with E-state index in [1.54, 1.807) is 0 Å². The molecule has 2 heterocycles. The minimum atomic E-state index is -0.0509. The summed E-state index contributed by atoms with van der Waals surface area (Å²) in [6, 6.07) is 76.1. The number of hydrogen-bond acceptors (Lipinski definition) is 3. The van der Waals surface area contributed by atoms with Crippen LogP contribution in [0.15, 0.2) is 200 Å². The van der Waals surface area contributed by atoms with Gasteiger partial charge in [-0.05, 0) is 187 Å². The maximum Gasteiger partial charge on any atom is 0.252 e. The monoisotopic (exact) mass is 974 g/mol. The van der Waals surface area contributed by atoms with Crippen LogP contribution in [0.5, 0.6) is 0 Å². The SMILES string of the molecule is Cc1ccc(-c2ccccc2)cc1N1c2cc(-c3ccccc3)ccc2B2c3cc4c(cc3N(c3ccc5c(c3)C(C)(C)CCC5(C)C)c3cc(N(c5ccccc5)c5ccccc5)cc1c32)C(C)(C)CCC4(C)C. The van der Waals surface area contributed by atoms with Gasteiger partial charge in [0, 0.05) is 45.5 Å². The number of rotatable bonds is 7. The highest BCUT2D eigenvalue weighted by atomic mass is 15.2. The lowest BCUT2D eigenvalue weighted by Gasteiger charge is -2.48. The van der Waals surface area contributed by atoms with Gasteiger partial charge in [0.1, 0.15) is 0 Å². The van der Waals surface area contributed by atoms with E-state index in [0.29, 0.717) is 0 Å². The molecule has 3 nitrogen and oxygen atoms in total.